The Hall–Kier alpha value is -3.51. The largest absolute Gasteiger partial charge is 0.481 e. The van der Waals surface area contributed by atoms with Crippen molar-refractivity contribution in [2.75, 3.05) is 29.5 Å². The summed E-state index contributed by atoms with van der Waals surface area (Å²) in [5.41, 5.74) is -0.945. The number of imide groups is 1. The van der Waals surface area contributed by atoms with Crippen LogP contribution in [0, 0.1) is 5.92 Å². The molecule has 2 aromatic carbocycles. The van der Waals surface area contributed by atoms with Crippen LogP contribution in [0.1, 0.15) is 11.1 Å². The minimum atomic E-state index is -4.78. The highest BCUT2D eigenvalue weighted by atomic mass is 35.5. The van der Waals surface area contributed by atoms with Crippen LogP contribution in [0.2, 0.25) is 10.0 Å². The van der Waals surface area contributed by atoms with Gasteiger partial charge in [0, 0.05) is 12.2 Å². The highest BCUT2D eigenvalue weighted by Crippen LogP contribution is 2.38. The third-order valence-corrected chi connectivity index (χ3v) is 6.45. The van der Waals surface area contributed by atoms with Gasteiger partial charge in [0.05, 0.1) is 34.4 Å². The number of aliphatic carboxylic acids is 1. The predicted octanol–water partition coefficient (Wildman–Crippen LogP) is 4.64. The Morgan fingerprint density at radius 1 is 1.11 bits per heavy atom. The summed E-state index contributed by atoms with van der Waals surface area (Å²) >= 11 is 12.2. The van der Waals surface area contributed by atoms with Crippen molar-refractivity contribution in [1.29, 1.82) is 0 Å². The minimum Gasteiger partial charge on any atom is -0.481 e. The lowest BCUT2D eigenvalue weighted by molar-refractivity contribution is -0.150. The molecule has 2 heterocycles. The first-order valence-electron chi connectivity index (χ1n) is 10.3. The van der Waals surface area contributed by atoms with E-state index in [9.17, 15) is 37.5 Å². The molecule has 2 saturated heterocycles. The van der Waals surface area contributed by atoms with E-state index in [1.807, 2.05) is 0 Å². The molecule has 2 aliphatic rings. The summed E-state index contributed by atoms with van der Waals surface area (Å²) in [4.78, 5) is 52.5. The van der Waals surface area contributed by atoms with Crippen LogP contribution in [-0.2, 0) is 27.0 Å². The summed E-state index contributed by atoms with van der Waals surface area (Å²) in [7, 11) is 0. The molecule has 2 aliphatic heterocycles. The number of carbonyl (C=O) groups is 4. The van der Waals surface area contributed by atoms with E-state index in [0.717, 1.165) is 17.0 Å². The van der Waals surface area contributed by atoms with Crippen LogP contribution in [-0.4, -0.2) is 53.7 Å². The highest BCUT2D eigenvalue weighted by Gasteiger charge is 2.44. The van der Waals surface area contributed by atoms with E-state index in [2.05, 4.69) is 0 Å². The van der Waals surface area contributed by atoms with Crippen molar-refractivity contribution in [3.63, 3.8) is 0 Å². The molecule has 0 spiro atoms. The number of ether oxygens (including phenoxy) is 1. The monoisotopic (exact) mass is 545 g/mol. The van der Waals surface area contributed by atoms with Crippen molar-refractivity contribution < 1.29 is 42.2 Å². The van der Waals surface area contributed by atoms with Gasteiger partial charge in [-0.3, -0.25) is 24.3 Å². The molecule has 190 valence electrons. The first-order valence-corrected chi connectivity index (χ1v) is 11.1. The zero-order chi connectivity index (χ0) is 26.4. The molecule has 0 aromatic heterocycles. The number of carbonyl (C=O) groups excluding carboxylic acids is 3. The molecule has 0 aliphatic carbocycles. The topological polar surface area (TPSA) is 107 Å². The number of hydrogen-bond acceptors (Lipinski definition) is 5. The Labute approximate surface area is 211 Å². The number of urea groups is 1. The maximum Gasteiger partial charge on any atom is 0.417 e. The van der Waals surface area contributed by atoms with Gasteiger partial charge < -0.3 is 9.84 Å². The number of carboxylic acid groups (broad SMARTS) is 1. The second-order valence-corrected chi connectivity index (χ2v) is 8.67. The molecule has 36 heavy (non-hydrogen) atoms. The smallest absolute Gasteiger partial charge is 0.417 e. The lowest BCUT2D eigenvalue weighted by atomic mass is 10.0. The number of rotatable bonds is 5. The molecule has 4 rings (SSSR count). The second kappa shape index (κ2) is 9.51. The Kier molecular flexibility index (Phi) is 6.76. The number of benzene rings is 2. The summed E-state index contributed by atoms with van der Waals surface area (Å²) in [6.45, 7) is -0.813. The summed E-state index contributed by atoms with van der Waals surface area (Å²) in [6, 6.07) is 6.18. The van der Waals surface area contributed by atoms with Gasteiger partial charge >= 0.3 is 24.3 Å². The molecule has 14 heteroatoms. The third-order valence-electron chi connectivity index (χ3n) is 5.70. The van der Waals surface area contributed by atoms with Gasteiger partial charge in [-0.15, -0.1) is 0 Å². The number of amides is 4. The predicted molar refractivity (Wildman–Crippen MR) is 121 cm³/mol. The molecule has 0 bridgehead atoms. The van der Waals surface area contributed by atoms with Gasteiger partial charge in [-0.2, -0.15) is 13.2 Å². The van der Waals surface area contributed by atoms with Gasteiger partial charge in [0.2, 0.25) is 5.91 Å². The summed E-state index contributed by atoms with van der Waals surface area (Å²) < 4.78 is 44.6. The van der Waals surface area contributed by atoms with Crippen molar-refractivity contribution in [2.24, 2.45) is 5.92 Å². The molecule has 2 fully saturated rings. The maximum absolute atomic E-state index is 13.3. The van der Waals surface area contributed by atoms with Gasteiger partial charge in [0.15, 0.2) is 5.92 Å². The van der Waals surface area contributed by atoms with Crippen molar-refractivity contribution in [3.05, 3.63) is 57.6 Å². The quantitative estimate of drug-likeness (QED) is 0.548. The minimum absolute atomic E-state index is 0.0513. The Bertz CT molecular complexity index is 1270. The molecular formula is C22H16Cl2F3N3O6. The van der Waals surface area contributed by atoms with E-state index in [1.54, 1.807) is 0 Å². The van der Waals surface area contributed by atoms with E-state index >= 15 is 0 Å². The van der Waals surface area contributed by atoms with Crippen LogP contribution in [0.5, 0.6) is 0 Å². The third kappa shape index (κ3) is 4.65. The number of nitrogens with zero attached hydrogens (tertiary/aromatic N) is 3. The van der Waals surface area contributed by atoms with Gasteiger partial charge in [-0.05, 0) is 29.8 Å². The molecule has 9 nitrogen and oxygen atoms in total. The summed E-state index contributed by atoms with van der Waals surface area (Å²) in [5.74, 6) is -4.32. The van der Waals surface area contributed by atoms with E-state index in [-0.39, 0.29) is 29.4 Å². The van der Waals surface area contributed by atoms with E-state index in [1.165, 1.54) is 29.2 Å². The Balaban J connectivity index is 1.68. The fraction of sp³-hybridized carbons (Fsp3) is 0.273. The number of hydrogen-bond donors (Lipinski definition) is 1. The standard InChI is InChI=1S/C22H16Cl2F3N3O6/c23-15-8-12(4-5-16(15)28-6-7-36-21(28)35)29-10-13(19(32)33)18(31)30(20(29)34)9-11-2-1-3-14(17(11)24)22(25,26)27/h1-5,8,13H,6-7,9-10H2,(H,32,33). The first-order chi connectivity index (χ1) is 16.9. The average molecular weight is 546 g/mol. The van der Waals surface area contributed by atoms with E-state index in [4.69, 9.17) is 27.9 Å². The van der Waals surface area contributed by atoms with Crippen LogP contribution < -0.4 is 9.80 Å². The molecule has 4 amide bonds. The average Bonchev–Trinajstić information content (AvgIpc) is 3.22. The van der Waals surface area contributed by atoms with Crippen LogP contribution in [0.3, 0.4) is 0 Å². The number of alkyl halides is 3. The van der Waals surface area contributed by atoms with Crippen LogP contribution in [0.4, 0.5) is 34.1 Å². The van der Waals surface area contributed by atoms with Crippen LogP contribution in [0.25, 0.3) is 0 Å². The van der Waals surface area contributed by atoms with Crippen molar-refractivity contribution in [2.45, 2.75) is 12.7 Å². The SMILES string of the molecule is O=C(O)C1CN(c2ccc(N3CCOC3=O)c(Cl)c2)C(=O)N(Cc2cccc(C(F)(F)F)c2Cl)C1=O. The molecule has 2 aromatic rings. The molecule has 0 radical (unpaired) electrons. The number of anilines is 2. The fourth-order valence-electron chi connectivity index (χ4n) is 3.90. The normalized spacial score (nSPS) is 18.6. The molecule has 1 unspecified atom stereocenters. The molecule has 1 N–H and O–H groups in total. The van der Waals surface area contributed by atoms with E-state index in [0.29, 0.717) is 10.6 Å². The maximum atomic E-state index is 13.3. The molecule has 0 saturated carbocycles. The zero-order valence-corrected chi connectivity index (χ0v) is 19.6. The fourth-order valence-corrected chi connectivity index (χ4v) is 4.47. The number of cyclic esters (lactones) is 1. The zero-order valence-electron chi connectivity index (χ0n) is 18.1. The van der Waals surface area contributed by atoms with Gasteiger partial charge in [-0.25, -0.2) is 9.59 Å². The van der Waals surface area contributed by atoms with Crippen LogP contribution in [0.15, 0.2) is 36.4 Å². The lowest BCUT2D eigenvalue weighted by Crippen LogP contribution is -2.58. The van der Waals surface area contributed by atoms with Gasteiger partial charge in [-0.1, -0.05) is 35.3 Å². The molecular weight excluding hydrogens is 530 g/mol. The highest BCUT2D eigenvalue weighted by molar-refractivity contribution is 6.34. The summed E-state index contributed by atoms with van der Waals surface area (Å²) in [6.07, 6.45) is -5.39. The van der Waals surface area contributed by atoms with Crippen molar-refractivity contribution >= 4 is 58.6 Å². The van der Waals surface area contributed by atoms with E-state index < -0.39 is 59.8 Å². The van der Waals surface area contributed by atoms with Crippen molar-refractivity contribution in [1.82, 2.24) is 4.90 Å². The molecule has 1 atom stereocenters. The first kappa shape index (κ1) is 25.6. The second-order valence-electron chi connectivity index (χ2n) is 7.89. The van der Waals surface area contributed by atoms with Crippen molar-refractivity contribution in [3.8, 4) is 0 Å². The lowest BCUT2D eigenvalue weighted by Gasteiger charge is -2.37. The number of carboxylic acids is 1. The summed E-state index contributed by atoms with van der Waals surface area (Å²) in [5, 5.41) is 8.92. The Morgan fingerprint density at radius 3 is 2.42 bits per heavy atom. The number of halogens is 5. The van der Waals surface area contributed by atoms with Crippen LogP contribution >= 0.6 is 23.2 Å². The van der Waals surface area contributed by atoms with Gasteiger partial charge in [0.1, 0.15) is 6.61 Å². The Morgan fingerprint density at radius 2 is 1.83 bits per heavy atom. The van der Waals surface area contributed by atoms with Gasteiger partial charge in [0.25, 0.3) is 0 Å².